The second-order valence-corrected chi connectivity index (χ2v) is 4.29. The smallest absolute Gasteiger partial charge is 0.164 e. The van der Waals surface area contributed by atoms with Crippen LogP contribution in [-0.4, -0.2) is 40.4 Å². The molecule has 1 heterocycles. The third-order valence-electron chi connectivity index (χ3n) is 2.59. The highest BCUT2D eigenvalue weighted by Gasteiger charge is 2.47. The van der Waals surface area contributed by atoms with Crippen molar-refractivity contribution in [2.75, 3.05) is 0 Å². The van der Waals surface area contributed by atoms with Gasteiger partial charge in [-0.05, 0) is 20.3 Å². The molecule has 0 aromatic heterocycles. The van der Waals surface area contributed by atoms with Gasteiger partial charge in [0.05, 0.1) is 6.10 Å². The highest BCUT2D eigenvalue weighted by molar-refractivity contribution is 5.05. The van der Waals surface area contributed by atoms with Crippen LogP contribution in [0.4, 0.5) is 0 Å². The summed E-state index contributed by atoms with van der Waals surface area (Å²) in [5, 5.41) is 19.4. The third-order valence-corrected chi connectivity index (χ3v) is 2.59. The van der Waals surface area contributed by atoms with Crippen LogP contribution in [0.5, 0.6) is 0 Å². The predicted molar refractivity (Wildman–Crippen MR) is 49.6 cm³/mol. The Morgan fingerprint density at radius 3 is 2.57 bits per heavy atom. The monoisotopic (exact) mass is 200 g/mol. The van der Waals surface area contributed by atoms with Gasteiger partial charge in [-0.2, -0.15) is 0 Å². The third kappa shape index (κ3) is 1.70. The minimum Gasteiger partial charge on any atom is -0.390 e. The second-order valence-electron chi connectivity index (χ2n) is 4.29. The quantitative estimate of drug-likeness (QED) is 0.548. The predicted octanol–water partition coefficient (Wildman–Crippen LogP) is 0.188. The van der Waals surface area contributed by atoms with E-state index in [-0.39, 0.29) is 0 Å². The van der Waals surface area contributed by atoms with Gasteiger partial charge in [0, 0.05) is 0 Å². The molecular formula is C10H16O4. The number of rotatable bonds is 0. The summed E-state index contributed by atoms with van der Waals surface area (Å²) in [5.41, 5.74) is 0. The summed E-state index contributed by atoms with van der Waals surface area (Å²) in [6.07, 6.45) is 1.71. The minimum atomic E-state index is -0.720. The van der Waals surface area contributed by atoms with E-state index < -0.39 is 30.2 Å². The van der Waals surface area contributed by atoms with Crippen LogP contribution >= 0.6 is 0 Å². The lowest BCUT2D eigenvalue weighted by atomic mass is 10.1. The van der Waals surface area contributed by atoms with Gasteiger partial charge in [0.2, 0.25) is 0 Å². The summed E-state index contributed by atoms with van der Waals surface area (Å²) >= 11 is 0. The molecule has 4 atom stereocenters. The first-order valence-electron chi connectivity index (χ1n) is 4.88. The van der Waals surface area contributed by atoms with Crippen molar-refractivity contribution in [2.24, 2.45) is 0 Å². The Balaban J connectivity index is 2.21. The molecule has 1 saturated heterocycles. The summed E-state index contributed by atoms with van der Waals surface area (Å²) in [7, 11) is 0. The molecule has 0 amide bonds. The first kappa shape index (κ1) is 10.1. The van der Waals surface area contributed by atoms with Gasteiger partial charge in [-0.25, -0.2) is 0 Å². The number of hydrogen-bond acceptors (Lipinski definition) is 4. The van der Waals surface area contributed by atoms with Crippen molar-refractivity contribution in [1.82, 2.24) is 0 Å². The normalized spacial score (nSPS) is 46.0. The van der Waals surface area contributed by atoms with Gasteiger partial charge in [-0.15, -0.1) is 0 Å². The molecule has 1 aliphatic heterocycles. The fourth-order valence-electron chi connectivity index (χ4n) is 1.98. The van der Waals surface area contributed by atoms with Crippen LogP contribution in [0.15, 0.2) is 12.2 Å². The van der Waals surface area contributed by atoms with Crippen molar-refractivity contribution in [3.05, 3.63) is 12.2 Å². The van der Waals surface area contributed by atoms with E-state index in [4.69, 9.17) is 9.47 Å². The summed E-state index contributed by atoms with van der Waals surface area (Å²) in [6, 6.07) is 0. The average Bonchev–Trinajstić information content (AvgIpc) is 2.35. The van der Waals surface area contributed by atoms with Gasteiger partial charge in [0.1, 0.15) is 18.3 Å². The van der Waals surface area contributed by atoms with E-state index in [1.165, 1.54) is 0 Å². The maximum Gasteiger partial charge on any atom is 0.164 e. The van der Waals surface area contributed by atoms with Crippen LogP contribution in [0.2, 0.25) is 0 Å². The summed E-state index contributed by atoms with van der Waals surface area (Å²) in [5.74, 6) is -0.720. The molecule has 0 bridgehead atoms. The van der Waals surface area contributed by atoms with Crippen molar-refractivity contribution < 1.29 is 19.7 Å². The fraction of sp³-hybridized carbons (Fsp3) is 0.800. The molecule has 80 valence electrons. The van der Waals surface area contributed by atoms with E-state index in [0.29, 0.717) is 6.42 Å². The van der Waals surface area contributed by atoms with Crippen molar-refractivity contribution in [2.45, 2.75) is 50.5 Å². The van der Waals surface area contributed by atoms with Gasteiger partial charge >= 0.3 is 0 Å². The van der Waals surface area contributed by atoms with Crippen LogP contribution in [0.3, 0.4) is 0 Å². The molecule has 2 rings (SSSR count). The highest BCUT2D eigenvalue weighted by atomic mass is 16.8. The van der Waals surface area contributed by atoms with E-state index in [1.807, 2.05) is 0 Å². The minimum absolute atomic E-state index is 0.435. The molecule has 0 aromatic carbocycles. The van der Waals surface area contributed by atoms with Crippen LogP contribution in [0.1, 0.15) is 20.3 Å². The summed E-state index contributed by atoms with van der Waals surface area (Å²) in [4.78, 5) is 0. The molecule has 0 radical (unpaired) electrons. The van der Waals surface area contributed by atoms with E-state index in [2.05, 4.69) is 0 Å². The van der Waals surface area contributed by atoms with Gasteiger partial charge in [0.15, 0.2) is 5.79 Å². The maximum absolute atomic E-state index is 9.74. The SMILES string of the molecule is CC1(C)O[C@@H]2[C@H](O1)[C@@H](O)CC=C[C@H]2O. The summed E-state index contributed by atoms with van der Waals surface area (Å²) < 4.78 is 11.1. The lowest BCUT2D eigenvalue weighted by Crippen LogP contribution is -2.39. The van der Waals surface area contributed by atoms with Crippen molar-refractivity contribution >= 4 is 0 Å². The molecular weight excluding hydrogens is 184 g/mol. The first-order valence-corrected chi connectivity index (χ1v) is 4.88. The standard InChI is InChI=1S/C10H16O4/c1-10(2)13-8-6(11)4-3-5-7(12)9(8)14-10/h3-4,6-9,11-12H,5H2,1-2H3/t6-,7+,8+,9-/m1/s1. The van der Waals surface area contributed by atoms with E-state index in [9.17, 15) is 10.2 Å². The Labute approximate surface area is 83.1 Å². The van der Waals surface area contributed by atoms with Crippen molar-refractivity contribution in [3.8, 4) is 0 Å². The highest BCUT2D eigenvalue weighted by Crippen LogP contribution is 2.34. The zero-order valence-corrected chi connectivity index (χ0v) is 8.38. The van der Waals surface area contributed by atoms with Crippen LogP contribution < -0.4 is 0 Å². The zero-order chi connectivity index (χ0) is 10.3. The Kier molecular flexibility index (Phi) is 2.39. The van der Waals surface area contributed by atoms with Gasteiger partial charge in [-0.3, -0.25) is 0 Å². The maximum atomic E-state index is 9.74. The van der Waals surface area contributed by atoms with Gasteiger partial charge in [0.25, 0.3) is 0 Å². The Hall–Kier alpha value is -0.420. The van der Waals surface area contributed by atoms with E-state index in [0.717, 1.165) is 0 Å². The number of ether oxygens (including phenoxy) is 2. The average molecular weight is 200 g/mol. The van der Waals surface area contributed by atoms with Crippen LogP contribution in [0.25, 0.3) is 0 Å². The molecule has 14 heavy (non-hydrogen) atoms. The first-order chi connectivity index (χ1) is 6.49. The number of aliphatic hydroxyl groups excluding tert-OH is 2. The van der Waals surface area contributed by atoms with Gasteiger partial charge in [-0.1, -0.05) is 12.2 Å². The molecule has 0 aromatic rings. The summed E-state index contributed by atoms with van der Waals surface area (Å²) in [6.45, 7) is 3.56. The molecule has 2 N–H and O–H groups in total. The Morgan fingerprint density at radius 1 is 1.21 bits per heavy atom. The second kappa shape index (κ2) is 3.31. The number of aliphatic hydroxyl groups is 2. The largest absolute Gasteiger partial charge is 0.390 e. The molecule has 4 nitrogen and oxygen atoms in total. The zero-order valence-electron chi connectivity index (χ0n) is 8.38. The van der Waals surface area contributed by atoms with E-state index in [1.54, 1.807) is 26.0 Å². The lowest BCUT2D eigenvalue weighted by Gasteiger charge is -2.20. The van der Waals surface area contributed by atoms with E-state index >= 15 is 0 Å². The molecule has 1 fully saturated rings. The topological polar surface area (TPSA) is 58.9 Å². The van der Waals surface area contributed by atoms with Crippen LogP contribution in [0, 0.1) is 0 Å². The molecule has 1 aliphatic carbocycles. The Bertz CT molecular complexity index is 249. The fourth-order valence-corrected chi connectivity index (χ4v) is 1.98. The van der Waals surface area contributed by atoms with Gasteiger partial charge < -0.3 is 19.7 Å². The molecule has 0 saturated carbocycles. The molecule has 0 spiro atoms. The Morgan fingerprint density at radius 2 is 1.86 bits per heavy atom. The van der Waals surface area contributed by atoms with Crippen LogP contribution in [-0.2, 0) is 9.47 Å². The van der Waals surface area contributed by atoms with Crippen molar-refractivity contribution in [1.29, 1.82) is 0 Å². The molecule has 0 unspecified atom stereocenters. The number of fused-ring (bicyclic) bond motifs is 1. The lowest BCUT2D eigenvalue weighted by molar-refractivity contribution is -0.159. The number of hydrogen-bond donors (Lipinski definition) is 2. The molecule has 2 aliphatic rings. The molecule has 4 heteroatoms. The van der Waals surface area contributed by atoms with Crippen molar-refractivity contribution in [3.63, 3.8) is 0 Å².